The maximum Gasteiger partial charge on any atom is 0.263 e. The average Bonchev–Trinajstić information content (AvgIpc) is 2.95. The number of carbonyl (C=O) groups excluding carboxylic acids is 1. The molecule has 2 unspecified atom stereocenters. The van der Waals surface area contributed by atoms with Crippen molar-refractivity contribution in [2.75, 3.05) is 0 Å². The number of rotatable bonds is 5. The summed E-state index contributed by atoms with van der Waals surface area (Å²) in [5.41, 5.74) is 0.750. The second-order valence-electron chi connectivity index (χ2n) is 4.87. The fourth-order valence-electron chi connectivity index (χ4n) is 1.97. The van der Waals surface area contributed by atoms with Gasteiger partial charge >= 0.3 is 0 Å². The van der Waals surface area contributed by atoms with E-state index < -0.39 is 6.10 Å². The molecule has 2 N–H and O–H groups in total. The number of thiophene rings is 1. The van der Waals surface area contributed by atoms with Gasteiger partial charge in [0.15, 0.2) is 0 Å². The fraction of sp³-hybridized carbons (Fsp3) is 0.429. The largest absolute Gasteiger partial charge is 0.393 e. The Morgan fingerprint density at radius 1 is 1.50 bits per heavy atom. The number of thiazole rings is 1. The van der Waals surface area contributed by atoms with E-state index in [0.29, 0.717) is 11.3 Å². The zero-order valence-corrected chi connectivity index (χ0v) is 13.3. The number of hydrogen-bond acceptors (Lipinski definition) is 5. The lowest BCUT2D eigenvalue weighted by atomic mass is 10.1. The van der Waals surface area contributed by atoms with Crippen LogP contribution >= 0.6 is 22.7 Å². The van der Waals surface area contributed by atoms with Crippen molar-refractivity contribution in [1.82, 2.24) is 10.3 Å². The van der Waals surface area contributed by atoms with Crippen LogP contribution in [0.15, 0.2) is 17.5 Å². The first-order valence-corrected chi connectivity index (χ1v) is 8.17. The monoisotopic (exact) mass is 310 g/mol. The quantitative estimate of drug-likeness (QED) is 0.892. The number of nitrogens with zero attached hydrogens (tertiary/aromatic N) is 1. The number of aromatic nitrogens is 1. The van der Waals surface area contributed by atoms with Crippen LogP contribution in [0.1, 0.15) is 35.6 Å². The SMILES string of the molecule is Cc1nc(-c2cccs2)sc1C(=O)NC(C)CC(C)O. The van der Waals surface area contributed by atoms with Crippen LogP contribution in [-0.4, -0.2) is 28.1 Å². The van der Waals surface area contributed by atoms with Crippen LogP contribution in [0.25, 0.3) is 9.88 Å². The van der Waals surface area contributed by atoms with E-state index in [1.54, 1.807) is 18.3 Å². The summed E-state index contributed by atoms with van der Waals surface area (Å²) in [6, 6.07) is 3.91. The Balaban J connectivity index is 2.11. The number of hydrogen-bond donors (Lipinski definition) is 2. The fourth-order valence-corrected chi connectivity index (χ4v) is 3.74. The Labute approximate surface area is 126 Å². The zero-order chi connectivity index (χ0) is 14.7. The molecule has 2 aromatic rings. The molecule has 0 aliphatic carbocycles. The van der Waals surface area contributed by atoms with Gasteiger partial charge in [-0.1, -0.05) is 6.07 Å². The zero-order valence-electron chi connectivity index (χ0n) is 11.7. The minimum atomic E-state index is -0.422. The van der Waals surface area contributed by atoms with E-state index in [2.05, 4.69) is 10.3 Å². The van der Waals surface area contributed by atoms with Crippen LogP contribution in [0.4, 0.5) is 0 Å². The molecule has 2 heterocycles. The molecular weight excluding hydrogens is 292 g/mol. The van der Waals surface area contributed by atoms with E-state index in [0.717, 1.165) is 15.6 Å². The molecule has 0 saturated carbocycles. The van der Waals surface area contributed by atoms with Crippen molar-refractivity contribution >= 4 is 28.6 Å². The summed E-state index contributed by atoms with van der Waals surface area (Å²) >= 11 is 3.03. The van der Waals surface area contributed by atoms with Crippen molar-refractivity contribution in [2.24, 2.45) is 0 Å². The third kappa shape index (κ3) is 3.65. The van der Waals surface area contributed by atoms with E-state index in [-0.39, 0.29) is 11.9 Å². The summed E-state index contributed by atoms with van der Waals surface area (Å²) < 4.78 is 0. The predicted octanol–water partition coefficient (Wildman–Crippen LogP) is 3.07. The van der Waals surface area contributed by atoms with Crippen molar-refractivity contribution < 1.29 is 9.90 Å². The smallest absolute Gasteiger partial charge is 0.263 e. The van der Waals surface area contributed by atoms with Gasteiger partial charge in [0.1, 0.15) is 9.88 Å². The van der Waals surface area contributed by atoms with Crippen LogP contribution in [0.5, 0.6) is 0 Å². The molecule has 0 radical (unpaired) electrons. The summed E-state index contributed by atoms with van der Waals surface area (Å²) in [5, 5.41) is 15.1. The average molecular weight is 310 g/mol. The summed E-state index contributed by atoms with van der Waals surface area (Å²) in [5.74, 6) is -0.115. The second-order valence-corrected chi connectivity index (χ2v) is 6.82. The lowest BCUT2D eigenvalue weighted by Crippen LogP contribution is -2.34. The van der Waals surface area contributed by atoms with Gasteiger partial charge in [0, 0.05) is 6.04 Å². The number of amides is 1. The molecule has 4 nitrogen and oxygen atoms in total. The van der Waals surface area contributed by atoms with Gasteiger partial charge < -0.3 is 10.4 Å². The van der Waals surface area contributed by atoms with Gasteiger partial charge in [0.05, 0.1) is 16.7 Å². The summed E-state index contributed by atoms with van der Waals surface area (Å²) in [4.78, 5) is 18.4. The molecule has 6 heteroatoms. The molecule has 20 heavy (non-hydrogen) atoms. The minimum Gasteiger partial charge on any atom is -0.393 e. The van der Waals surface area contributed by atoms with E-state index in [1.165, 1.54) is 11.3 Å². The van der Waals surface area contributed by atoms with Gasteiger partial charge in [-0.25, -0.2) is 4.98 Å². The molecule has 0 saturated heterocycles. The molecule has 2 atom stereocenters. The third-order valence-corrected chi connectivity index (χ3v) is 5.00. The Morgan fingerprint density at radius 3 is 2.85 bits per heavy atom. The van der Waals surface area contributed by atoms with E-state index in [1.807, 2.05) is 31.4 Å². The second kappa shape index (κ2) is 6.47. The van der Waals surface area contributed by atoms with Gasteiger partial charge in [-0.05, 0) is 38.6 Å². The lowest BCUT2D eigenvalue weighted by Gasteiger charge is -2.14. The highest BCUT2D eigenvalue weighted by atomic mass is 32.1. The number of aryl methyl sites for hydroxylation is 1. The van der Waals surface area contributed by atoms with Crippen LogP contribution in [0, 0.1) is 6.92 Å². The molecule has 0 spiro atoms. The summed E-state index contributed by atoms with van der Waals surface area (Å²) in [6.45, 7) is 5.46. The molecule has 2 rings (SSSR count). The molecular formula is C14H18N2O2S2. The van der Waals surface area contributed by atoms with Crippen molar-refractivity contribution in [2.45, 2.75) is 39.3 Å². The molecule has 0 fully saturated rings. The van der Waals surface area contributed by atoms with Crippen LogP contribution in [-0.2, 0) is 0 Å². The maximum absolute atomic E-state index is 12.2. The van der Waals surface area contributed by atoms with Crippen LogP contribution in [0.3, 0.4) is 0 Å². The third-order valence-electron chi connectivity index (χ3n) is 2.81. The Hall–Kier alpha value is -1.24. The highest BCUT2D eigenvalue weighted by Crippen LogP contribution is 2.31. The van der Waals surface area contributed by atoms with Crippen molar-refractivity contribution in [3.63, 3.8) is 0 Å². The molecule has 2 aromatic heterocycles. The minimum absolute atomic E-state index is 0.0609. The van der Waals surface area contributed by atoms with E-state index >= 15 is 0 Å². The number of aliphatic hydroxyl groups excluding tert-OH is 1. The van der Waals surface area contributed by atoms with Gasteiger partial charge in [-0.15, -0.1) is 22.7 Å². The van der Waals surface area contributed by atoms with Gasteiger partial charge in [0.2, 0.25) is 0 Å². The topological polar surface area (TPSA) is 62.2 Å². The standard InChI is InChI=1S/C14H18N2O2S2/c1-8(7-9(2)17)15-13(18)12-10(3)16-14(20-12)11-5-4-6-19-11/h4-6,8-9,17H,7H2,1-3H3,(H,15,18). The number of nitrogens with one attached hydrogen (secondary N) is 1. The van der Waals surface area contributed by atoms with Crippen LogP contribution < -0.4 is 5.32 Å². The van der Waals surface area contributed by atoms with Crippen molar-refractivity contribution in [3.8, 4) is 9.88 Å². The highest BCUT2D eigenvalue weighted by Gasteiger charge is 2.18. The molecule has 0 bridgehead atoms. The summed E-state index contributed by atoms with van der Waals surface area (Å²) in [7, 11) is 0. The van der Waals surface area contributed by atoms with Crippen LogP contribution in [0.2, 0.25) is 0 Å². The Bertz CT molecular complexity index is 576. The molecule has 0 aromatic carbocycles. The molecule has 0 aliphatic heterocycles. The number of carbonyl (C=O) groups is 1. The van der Waals surface area contributed by atoms with Gasteiger partial charge in [0.25, 0.3) is 5.91 Å². The first kappa shape index (κ1) is 15.2. The number of aliphatic hydroxyl groups is 1. The van der Waals surface area contributed by atoms with E-state index in [9.17, 15) is 9.90 Å². The lowest BCUT2D eigenvalue weighted by molar-refractivity contribution is 0.0926. The molecule has 108 valence electrons. The maximum atomic E-state index is 12.2. The molecule has 1 amide bonds. The Kier molecular flexibility index (Phi) is 4.91. The van der Waals surface area contributed by atoms with Crippen molar-refractivity contribution in [3.05, 3.63) is 28.1 Å². The van der Waals surface area contributed by atoms with Crippen molar-refractivity contribution in [1.29, 1.82) is 0 Å². The first-order chi connectivity index (χ1) is 9.47. The highest BCUT2D eigenvalue weighted by molar-refractivity contribution is 7.22. The van der Waals surface area contributed by atoms with E-state index in [4.69, 9.17) is 0 Å². The first-order valence-electron chi connectivity index (χ1n) is 6.47. The Morgan fingerprint density at radius 2 is 2.25 bits per heavy atom. The van der Waals surface area contributed by atoms with Gasteiger partial charge in [-0.3, -0.25) is 4.79 Å². The van der Waals surface area contributed by atoms with Gasteiger partial charge in [-0.2, -0.15) is 0 Å². The summed E-state index contributed by atoms with van der Waals surface area (Å²) in [6.07, 6.45) is 0.121. The normalized spacial score (nSPS) is 14.0. The predicted molar refractivity (Wildman–Crippen MR) is 83.4 cm³/mol. The molecule has 0 aliphatic rings.